The minimum atomic E-state index is -3.81. The number of rotatable bonds is 5. The first-order valence-electron chi connectivity index (χ1n) is 10.3. The van der Waals surface area contributed by atoms with Crippen molar-refractivity contribution in [2.45, 2.75) is 55.7 Å². The summed E-state index contributed by atoms with van der Waals surface area (Å²) < 4.78 is 49.8. The van der Waals surface area contributed by atoms with Crippen LogP contribution < -0.4 is 9.46 Å². The Bertz CT molecular complexity index is 1190. The van der Waals surface area contributed by atoms with Crippen molar-refractivity contribution in [3.63, 3.8) is 0 Å². The number of hydrogen-bond acceptors (Lipinski definition) is 5. The van der Waals surface area contributed by atoms with Gasteiger partial charge in [-0.15, -0.1) is 4.72 Å². The van der Waals surface area contributed by atoms with Gasteiger partial charge in [-0.2, -0.15) is 0 Å². The molecule has 8 heteroatoms. The van der Waals surface area contributed by atoms with E-state index in [1.807, 2.05) is 45.0 Å². The molecule has 0 spiro atoms. The lowest BCUT2D eigenvalue weighted by atomic mass is 9.91. The SMILES string of the molecule is COc1ccc(S(=O)(=O)n2c3c(c4ccccc42)[C@H](N[S+]([O-])C(C)(C)C)CCC3)cc1. The summed E-state index contributed by atoms with van der Waals surface area (Å²) in [6.07, 6.45) is 2.28. The van der Waals surface area contributed by atoms with Crippen LogP contribution in [0.2, 0.25) is 0 Å². The standard InChI is InChI=1S/C23H28N2O4S2/c1-23(2,3)30(26)24-19-9-7-11-21-22(19)18-8-5-6-10-20(18)25(21)31(27,28)17-14-12-16(29-4)13-15-17/h5-6,8,10,12-15,19,24H,7,9,11H2,1-4H3/t19-,30?/m1/s1. The average molecular weight is 461 g/mol. The van der Waals surface area contributed by atoms with Gasteiger partial charge in [0.15, 0.2) is 0 Å². The smallest absolute Gasteiger partial charge is 0.268 e. The molecule has 1 N–H and O–H groups in total. The molecule has 0 bridgehead atoms. The highest BCUT2D eigenvalue weighted by atomic mass is 32.2. The molecule has 0 saturated heterocycles. The van der Waals surface area contributed by atoms with Crippen molar-refractivity contribution in [2.24, 2.45) is 0 Å². The summed E-state index contributed by atoms with van der Waals surface area (Å²) in [6.45, 7) is 5.78. The maximum Gasteiger partial charge on any atom is 0.268 e. The second-order valence-electron chi connectivity index (χ2n) is 8.77. The van der Waals surface area contributed by atoms with E-state index in [-0.39, 0.29) is 10.9 Å². The van der Waals surface area contributed by atoms with Crippen LogP contribution in [0.25, 0.3) is 10.9 Å². The number of nitrogens with zero attached hydrogens (tertiary/aromatic N) is 1. The van der Waals surface area contributed by atoms with Crippen LogP contribution >= 0.6 is 0 Å². The van der Waals surface area contributed by atoms with Crippen LogP contribution in [0, 0.1) is 0 Å². The topological polar surface area (TPSA) is 83.4 Å². The molecule has 2 aromatic carbocycles. The lowest BCUT2D eigenvalue weighted by Gasteiger charge is -2.30. The summed E-state index contributed by atoms with van der Waals surface area (Å²) in [5.74, 6) is 0.604. The molecular formula is C23H28N2O4S2. The first-order valence-corrected chi connectivity index (χ1v) is 12.9. The number of nitrogens with one attached hydrogen (secondary N) is 1. The molecule has 1 unspecified atom stereocenters. The fourth-order valence-electron chi connectivity index (χ4n) is 4.08. The Kier molecular flexibility index (Phi) is 5.85. The van der Waals surface area contributed by atoms with Gasteiger partial charge in [0.1, 0.15) is 10.5 Å². The van der Waals surface area contributed by atoms with E-state index in [9.17, 15) is 13.0 Å². The highest BCUT2D eigenvalue weighted by molar-refractivity contribution is 7.91. The molecule has 0 radical (unpaired) electrons. The van der Waals surface area contributed by atoms with Crippen molar-refractivity contribution in [2.75, 3.05) is 7.11 Å². The molecule has 2 atom stereocenters. The third kappa shape index (κ3) is 3.98. The van der Waals surface area contributed by atoms with E-state index in [1.54, 1.807) is 31.4 Å². The van der Waals surface area contributed by atoms with E-state index in [0.717, 1.165) is 29.5 Å². The Morgan fingerprint density at radius 1 is 1.13 bits per heavy atom. The zero-order valence-electron chi connectivity index (χ0n) is 18.2. The molecule has 1 aliphatic carbocycles. The molecule has 0 amide bonds. The zero-order chi connectivity index (χ0) is 22.4. The van der Waals surface area contributed by atoms with E-state index in [4.69, 9.17) is 4.74 Å². The number of methoxy groups -OCH3 is 1. The summed E-state index contributed by atoms with van der Waals surface area (Å²) in [7, 11) is -2.26. The molecule has 1 heterocycles. The van der Waals surface area contributed by atoms with Gasteiger partial charge in [-0.05, 0) is 70.4 Å². The first-order chi connectivity index (χ1) is 14.6. The van der Waals surface area contributed by atoms with Gasteiger partial charge < -0.3 is 9.29 Å². The summed E-state index contributed by atoms with van der Waals surface area (Å²) >= 11 is -1.26. The minimum absolute atomic E-state index is 0.166. The fourth-order valence-corrected chi connectivity index (χ4v) is 6.52. The van der Waals surface area contributed by atoms with Gasteiger partial charge in [-0.1, -0.05) is 18.2 Å². The van der Waals surface area contributed by atoms with Gasteiger partial charge in [-0.3, -0.25) is 0 Å². The maximum atomic E-state index is 13.7. The van der Waals surface area contributed by atoms with Gasteiger partial charge in [-0.25, -0.2) is 12.4 Å². The molecule has 1 aliphatic rings. The quantitative estimate of drug-likeness (QED) is 0.574. The average Bonchev–Trinajstić information content (AvgIpc) is 3.09. The lowest BCUT2D eigenvalue weighted by Crippen LogP contribution is -2.42. The Balaban J connectivity index is 1.88. The van der Waals surface area contributed by atoms with Gasteiger partial charge in [0.05, 0.1) is 23.6 Å². The molecule has 166 valence electrons. The van der Waals surface area contributed by atoms with Gasteiger partial charge in [0.2, 0.25) is 0 Å². The van der Waals surface area contributed by atoms with Crippen molar-refractivity contribution >= 4 is 32.3 Å². The second kappa shape index (κ2) is 8.16. The molecule has 0 saturated carbocycles. The van der Waals surface area contributed by atoms with E-state index in [1.165, 1.54) is 3.97 Å². The van der Waals surface area contributed by atoms with Gasteiger partial charge in [0.25, 0.3) is 10.0 Å². The fraction of sp³-hybridized carbons (Fsp3) is 0.391. The van der Waals surface area contributed by atoms with E-state index < -0.39 is 26.1 Å². The van der Waals surface area contributed by atoms with Gasteiger partial charge >= 0.3 is 0 Å². The second-order valence-corrected chi connectivity index (χ2v) is 12.6. The van der Waals surface area contributed by atoms with E-state index in [2.05, 4.69) is 4.72 Å². The number of aromatic nitrogens is 1. The summed E-state index contributed by atoms with van der Waals surface area (Å²) in [5.41, 5.74) is 2.36. The van der Waals surface area contributed by atoms with Crippen molar-refractivity contribution in [1.82, 2.24) is 8.69 Å². The molecule has 1 aromatic heterocycles. The Morgan fingerprint density at radius 3 is 2.45 bits per heavy atom. The Morgan fingerprint density at radius 2 is 1.81 bits per heavy atom. The summed E-state index contributed by atoms with van der Waals surface area (Å²) in [6, 6.07) is 13.8. The molecule has 0 fully saturated rings. The van der Waals surface area contributed by atoms with E-state index in [0.29, 0.717) is 17.7 Å². The van der Waals surface area contributed by atoms with Crippen molar-refractivity contribution < 1.29 is 17.7 Å². The van der Waals surface area contributed by atoms with Crippen LogP contribution in [-0.2, 0) is 27.8 Å². The number of fused-ring (bicyclic) bond motifs is 3. The zero-order valence-corrected chi connectivity index (χ0v) is 19.8. The van der Waals surface area contributed by atoms with Crippen LogP contribution in [0.5, 0.6) is 5.75 Å². The van der Waals surface area contributed by atoms with Crippen molar-refractivity contribution in [3.05, 3.63) is 59.8 Å². The number of benzene rings is 2. The third-order valence-electron chi connectivity index (χ3n) is 5.63. The highest BCUT2D eigenvalue weighted by Gasteiger charge is 2.36. The number of hydrogen-bond donors (Lipinski definition) is 1. The maximum absolute atomic E-state index is 13.7. The van der Waals surface area contributed by atoms with Crippen LogP contribution in [0.4, 0.5) is 0 Å². The number of ether oxygens (including phenoxy) is 1. The molecule has 3 aromatic rings. The molecule has 6 nitrogen and oxygen atoms in total. The largest absolute Gasteiger partial charge is 0.598 e. The van der Waals surface area contributed by atoms with Crippen LogP contribution in [0.15, 0.2) is 53.4 Å². The monoisotopic (exact) mass is 460 g/mol. The van der Waals surface area contributed by atoms with Crippen LogP contribution in [0.3, 0.4) is 0 Å². The van der Waals surface area contributed by atoms with Crippen LogP contribution in [-0.4, -0.2) is 28.8 Å². The van der Waals surface area contributed by atoms with Gasteiger partial charge in [0, 0.05) is 28.0 Å². The Labute approximate surface area is 187 Å². The lowest BCUT2D eigenvalue weighted by molar-refractivity contribution is 0.414. The summed E-state index contributed by atoms with van der Waals surface area (Å²) in [5, 5.41) is 0.887. The third-order valence-corrected chi connectivity index (χ3v) is 9.00. The first kappa shape index (κ1) is 22.2. The van der Waals surface area contributed by atoms with Crippen molar-refractivity contribution in [3.8, 4) is 5.75 Å². The molecular weight excluding hydrogens is 432 g/mol. The van der Waals surface area contributed by atoms with Crippen LogP contribution in [0.1, 0.15) is 50.9 Å². The minimum Gasteiger partial charge on any atom is -0.598 e. The predicted molar refractivity (Wildman–Crippen MR) is 124 cm³/mol. The number of para-hydroxylation sites is 1. The molecule has 0 aliphatic heterocycles. The normalized spacial score (nSPS) is 18.0. The predicted octanol–water partition coefficient (Wildman–Crippen LogP) is 4.32. The summed E-state index contributed by atoms with van der Waals surface area (Å²) in [4.78, 5) is 0.213. The molecule has 31 heavy (non-hydrogen) atoms. The van der Waals surface area contributed by atoms with Crippen molar-refractivity contribution in [1.29, 1.82) is 0 Å². The Hall–Kier alpha value is -2.00. The molecule has 4 rings (SSSR count). The highest BCUT2D eigenvalue weighted by Crippen LogP contribution is 2.40. The van der Waals surface area contributed by atoms with E-state index >= 15 is 0 Å².